The Balaban J connectivity index is 2.96. The van der Waals surface area contributed by atoms with E-state index in [-0.39, 0.29) is 0 Å². The van der Waals surface area contributed by atoms with Crippen LogP contribution in [0.5, 0.6) is 0 Å². The fraction of sp³-hybridized carbons (Fsp3) is 0.800. The molecule has 0 aliphatic carbocycles. The number of hydrogen-bond donors (Lipinski definition) is 2. The van der Waals surface area contributed by atoms with Gasteiger partial charge in [0.05, 0.1) is 0 Å². The normalized spacial score (nSPS) is 9.11. The molecular weight excluding hydrogens is 116 g/mol. The standard InChI is InChI=1S/C5H14N4/c1-4-5-7-8-9(3)6-2/h7-8H,2,4-5H2,1,3H3. The summed E-state index contributed by atoms with van der Waals surface area (Å²) < 4.78 is 0. The molecule has 9 heavy (non-hydrogen) atoms. The Labute approximate surface area is 55.9 Å². The lowest BCUT2D eigenvalue weighted by atomic mass is 10.5. The summed E-state index contributed by atoms with van der Waals surface area (Å²) in [5.74, 6) is 0. The summed E-state index contributed by atoms with van der Waals surface area (Å²) >= 11 is 0. The minimum Gasteiger partial charge on any atom is -0.238 e. The fourth-order valence-electron chi connectivity index (χ4n) is 0.331. The predicted octanol–water partition coefficient (Wildman–Crippen LogP) is -0.0470. The molecule has 0 saturated carbocycles. The van der Waals surface area contributed by atoms with Gasteiger partial charge < -0.3 is 0 Å². The fourth-order valence-corrected chi connectivity index (χ4v) is 0.331. The maximum absolute atomic E-state index is 3.57. The van der Waals surface area contributed by atoms with E-state index in [0.717, 1.165) is 13.0 Å². The van der Waals surface area contributed by atoms with E-state index < -0.39 is 0 Å². The molecule has 0 aromatic carbocycles. The van der Waals surface area contributed by atoms with E-state index >= 15 is 0 Å². The first-order chi connectivity index (χ1) is 4.31. The Bertz CT molecular complexity index is 73.4. The molecule has 0 spiro atoms. The summed E-state index contributed by atoms with van der Waals surface area (Å²) in [6.07, 6.45) is 1.10. The molecule has 0 heterocycles. The molecule has 0 aliphatic heterocycles. The second-order valence-electron chi connectivity index (χ2n) is 1.70. The minimum atomic E-state index is 0.930. The van der Waals surface area contributed by atoms with Crippen molar-refractivity contribution in [3.63, 3.8) is 0 Å². The molecule has 0 aliphatic rings. The average Bonchev–Trinajstić information content (AvgIpc) is 1.89. The zero-order valence-electron chi connectivity index (χ0n) is 6.02. The van der Waals surface area contributed by atoms with Gasteiger partial charge >= 0.3 is 0 Å². The van der Waals surface area contributed by atoms with Crippen molar-refractivity contribution in [2.45, 2.75) is 13.3 Å². The number of nitrogens with zero attached hydrogens (tertiary/aromatic N) is 2. The summed E-state index contributed by atoms with van der Waals surface area (Å²) in [7, 11) is 1.77. The third-order valence-electron chi connectivity index (χ3n) is 0.828. The zero-order chi connectivity index (χ0) is 7.11. The molecule has 0 aromatic rings. The van der Waals surface area contributed by atoms with Crippen molar-refractivity contribution >= 4 is 6.72 Å². The molecule has 0 unspecified atom stereocenters. The van der Waals surface area contributed by atoms with Gasteiger partial charge in [-0.2, -0.15) is 10.6 Å². The van der Waals surface area contributed by atoms with E-state index in [0.29, 0.717) is 0 Å². The summed E-state index contributed by atoms with van der Waals surface area (Å²) in [6.45, 7) is 6.34. The Hall–Kier alpha value is -0.610. The zero-order valence-corrected chi connectivity index (χ0v) is 6.02. The summed E-state index contributed by atoms with van der Waals surface area (Å²) in [5.41, 5.74) is 5.72. The molecule has 0 aromatic heterocycles. The van der Waals surface area contributed by atoms with Crippen LogP contribution in [0.4, 0.5) is 0 Å². The number of hydrazine groups is 2. The van der Waals surface area contributed by atoms with E-state index in [2.05, 4.69) is 29.7 Å². The van der Waals surface area contributed by atoms with Gasteiger partial charge in [-0.3, -0.25) is 0 Å². The maximum atomic E-state index is 3.57. The van der Waals surface area contributed by atoms with Gasteiger partial charge in [-0.05, 0) is 6.42 Å². The highest BCUT2D eigenvalue weighted by molar-refractivity contribution is 5.22. The molecule has 0 fully saturated rings. The third-order valence-corrected chi connectivity index (χ3v) is 0.828. The minimum absolute atomic E-state index is 0.930. The van der Waals surface area contributed by atoms with E-state index in [1.807, 2.05) is 0 Å². The smallest absolute Gasteiger partial charge is 0.0435 e. The van der Waals surface area contributed by atoms with Gasteiger partial charge in [-0.1, -0.05) is 6.92 Å². The van der Waals surface area contributed by atoms with Gasteiger partial charge in [-0.15, -0.1) is 0 Å². The lowest BCUT2D eigenvalue weighted by molar-refractivity contribution is 0.203. The molecule has 0 radical (unpaired) electrons. The largest absolute Gasteiger partial charge is 0.238 e. The quantitative estimate of drug-likeness (QED) is 0.311. The van der Waals surface area contributed by atoms with Crippen molar-refractivity contribution in [3.8, 4) is 0 Å². The lowest BCUT2D eigenvalue weighted by Crippen LogP contribution is -2.41. The van der Waals surface area contributed by atoms with E-state index in [1.165, 1.54) is 5.12 Å². The molecule has 0 saturated heterocycles. The molecule has 0 atom stereocenters. The van der Waals surface area contributed by atoms with Crippen molar-refractivity contribution in [2.24, 2.45) is 5.10 Å². The van der Waals surface area contributed by atoms with Gasteiger partial charge in [0, 0.05) is 20.3 Å². The summed E-state index contributed by atoms with van der Waals surface area (Å²) in [5, 5.41) is 5.08. The molecule has 0 bridgehead atoms. The molecule has 4 nitrogen and oxygen atoms in total. The molecular formula is C5H14N4. The third kappa shape index (κ3) is 5.26. The van der Waals surface area contributed by atoms with Crippen LogP contribution in [0.1, 0.15) is 13.3 Å². The average molecular weight is 130 g/mol. The van der Waals surface area contributed by atoms with Crippen LogP contribution in [-0.2, 0) is 0 Å². The van der Waals surface area contributed by atoms with Crippen LogP contribution >= 0.6 is 0 Å². The number of nitrogens with one attached hydrogen (secondary N) is 2. The Morgan fingerprint density at radius 1 is 1.67 bits per heavy atom. The first kappa shape index (κ1) is 8.39. The van der Waals surface area contributed by atoms with Crippen LogP contribution < -0.4 is 11.0 Å². The molecule has 2 N–H and O–H groups in total. The molecule has 0 amide bonds. The van der Waals surface area contributed by atoms with Crippen molar-refractivity contribution in [1.29, 1.82) is 0 Å². The van der Waals surface area contributed by atoms with Crippen LogP contribution in [0.3, 0.4) is 0 Å². The van der Waals surface area contributed by atoms with Crippen molar-refractivity contribution in [1.82, 2.24) is 16.1 Å². The van der Waals surface area contributed by atoms with Crippen LogP contribution in [-0.4, -0.2) is 25.4 Å². The van der Waals surface area contributed by atoms with Gasteiger partial charge in [0.25, 0.3) is 0 Å². The maximum Gasteiger partial charge on any atom is 0.0435 e. The number of hydrazone groups is 1. The van der Waals surface area contributed by atoms with Crippen LogP contribution in [0.15, 0.2) is 5.10 Å². The van der Waals surface area contributed by atoms with Gasteiger partial charge in [-0.25, -0.2) is 10.5 Å². The highest BCUT2D eigenvalue weighted by Gasteiger charge is 1.83. The Morgan fingerprint density at radius 2 is 2.33 bits per heavy atom. The van der Waals surface area contributed by atoms with Gasteiger partial charge in [0.1, 0.15) is 0 Å². The van der Waals surface area contributed by atoms with Crippen molar-refractivity contribution < 1.29 is 0 Å². The monoisotopic (exact) mass is 130 g/mol. The van der Waals surface area contributed by atoms with Crippen molar-refractivity contribution in [2.75, 3.05) is 13.6 Å². The van der Waals surface area contributed by atoms with E-state index in [4.69, 9.17) is 0 Å². The Kier molecular flexibility index (Phi) is 5.15. The highest BCUT2D eigenvalue weighted by atomic mass is 15.8. The molecule has 0 rings (SSSR count). The SMILES string of the molecule is C=NN(C)NNCCC. The highest BCUT2D eigenvalue weighted by Crippen LogP contribution is 1.69. The number of hydrogen-bond acceptors (Lipinski definition) is 4. The number of rotatable bonds is 5. The van der Waals surface area contributed by atoms with Crippen LogP contribution in [0.25, 0.3) is 0 Å². The van der Waals surface area contributed by atoms with E-state index in [9.17, 15) is 0 Å². The van der Waals surface area contributed by atoms with E-state index in [1.54, 1.807) is 7.05 Å². The van der Waals surface area contributed by atoms with Crippen molar-refractivity contribution in [3.05, 3.63) is 0 Å². The topological polar surface area (TPSA) is 39.7 Å². The first-order valence-electron chi connectivity index (χ1n) is 3.00. The van der Waals surface area contributed by atoms with Gasteiger partial charge in [0.15, 0.2) is 0 Å². The van der Waals surface area contributed by atoms with Crippen LogP contribution in [0.2, 0.25) is 0 Å². The van der Waals surface area contributed by atoms with Crippen LogP contribution in [0, 0.1) is 0 Å². The second-order valence-corrected chi connectivity index (χ2v) is 1.70. The predicted molar refractivity (Wildman–Crippen MR) is 38.7 cm³/mol. The summed E-state index contributed by atoms with van der Waals surface area (Å²) in [6, 6.07) is 0. The van der Waals surface area contributed by atoms with Gasteiger partial charge in [0.2, 0.25) is 0 Å². The molecule has 54 valence electrons. The first-order valence-corrected chi connectivity index (χ1v) is 3.00. The summed E-state index contributed by atoms with van der Waals surface area (Å²) in [4.78, 5) is 0. The second kappa shape index (κ2) is 5.53. The lowest BCUT2D eigenvalue weighted by Gasteiger charge is -2.13. The molecule has 4 heteroatoms. The Morgan fingerprint density at radius 3 is 2.78 bits per heavy atom.